The highest BCUT2D eigenvalue weighted by molar-refractivity contribution is 6.99. The number of hydrogen-bond acceptors (Lipinski definition) is 4. The third kappa shape index (κ3) is 6.98. The van der Waals surface area contributed by atoms with Gasteiger partial charge in [0.05, 0.1) is 25.4 Å². The molecule has 1 saturated heterocycles. The molecule has 4 nitrogen and oxygen atoms in total. The summed E-state index contributed by atoms with van der Waals surface area (Å²) in [5, 5.41) is 2.50. The van der Waals surface area contributed by atoms with Gasteiger partial charge in [0, 0.05) is 13.0 Å². The number of benzene rings is 3. The van der Waals surface area contributed by atoms with Crippen LogP contribution in [0.5, 0.6) is 0 Å². The molecular weight excluding hydrogens is 476 g/mol. The molecular formula is C32H42O4Si. The fourth-order valence-corrected chi connectivity index (χ4v) is 10.0. The molecule has 0 N–H and O–H groups in total. The molecule has 0 bridgehead atoms. The van der Waals surface area contributed by atoms with Crippen LogP contribution in [0.3, 0.4) is 0 Å². The lowest BCUT2D eigenvalue weighted by Gasteiger charge is -2.46. The molecule has 0 aromatic heterocycles. The Bertz CT molecular complexity index is 1040. The summed E-state index contributed by atoms with van der Waals surface area (Å²) in [6.07, 6.45) is 1.63. The first-order valence-corrected chi connectivity index (χ1v) is 15.3. The van der Waals surface area contributed by atoms with E-state index in [0.717, 1.165) is 12.8 Å². The Morgan fingerprint density at radius 1 is 0.784 bits per heavy atom. The average molecular weight is 519 g/mol. The van der Waals surface area contributed by atoms with Gasteiger partial charge >= 0.3 is 0 Å². The van der Waals surface area contributed by atoms with Crippen LogP contribution in [0.2, 0.25) is 5.04 Å². The van der Waals surface area contributed by atoms with Gasteiger partial charge in [0.15, 0.2) is 5.79 Å². The van der Waals surface area contributed by atoms with E-state index in [1.807, 2.05) is 32.0 Å². The van der Waals surface area contributed by atoms with Crippen molar-refractivity contribution in [3.05, 3.63) is 96.6 Å². The number of ether oxygens (including phenoxy) is 3. The predicted octanol–water partition coefficient (Wildman–Crippen LogP) is 6.08. The van der Waals surface area contributed by atoms with Crippen LogP contribution in [0.15, 0.2) is 91.0 Å². The second kappa shape index (κ2) is 12.1. The van der Waals surface area contributed by atoms with Gasteiger partial charge in [-0.2, -0.15) is 0 Å². The van der Waals surface area contributed by atoms with Gasteiger partial charge in [-0.1, -0.05) is 112 Å². The molecule has 0 aliphatic carbocycles. The van der Waals surface area contributed by atoms with E-state index in [1.54, 1.807) is 0 Å². The molecule has 1 aliphatic heterocycles. The SMILES string of the molecule is CC1(C)O[C@H](CO[Si](c2ccccc2)(c2ccccc2)C(C)(C)C)C[C@H](CCOCc2ccccc2)O1. The van der Waals surface area contributed by atoms with Crippen LogP contribution in [0.4, 0.5) is 0 Å². The van der Waals surface area contributed by atoms with Crippen LogP contribution in [-0.2, 0) is 25.2 Å². The topological polar surface area (TPSA) is 36.9 Å². The van der Waals surface area contributed by atoms with Gasteiger partial charge in [-0.25, -0.2) is 0 Å². The fourth-order valence-electron chi connectivity index (χ4n) is 5.46. The van der Waals surface area contributed by atoms with Crippen molar-refractivity contribution in [2.24, 2.45) is 0 Å². The third-order valence-electron chi connectivity index (χ3n) is 7.03. The van der Waals surface area contributed by atoms with Crippen LogP contribution in [0.25, 0.3) is 0 Å². The van der Waals surface area contributed by atoms with Gasteiger partial charge < -0.3 is 18.6 Å². The van der Waals surface area contributed by atoms with Crippen molar-refractivity contribution in [3.8, 4) is 0 Å². The lowest BCUT2D eigenvalue weighted by Crippen LogP contribution is -2.67. The first-order chi connectivity index (χ1) is 17.7. The summed E-state index contributed by atoms with van der Waals surface area (Å²) in [5.74, 6) is -0.665. The molecule has 4 rings (SSSR count). The quantitative estimate of drug-likeness (QED) is 0.241. The maximum atomic E-state index is 7.16. The molecule has 1 fully saturated rings. The molecule has 3 aromatic rings. The Morgan fingerprint density at radius 2 is 1.30 bits per heavy atom. The summed E-state index contributed by atoms with van der Waals surface area (Å²) in [6, 6.07) is 31.8. The molecule has 3 aromatic carbocycles. The van der Waals surface area contributed by atoms with Gasteiger partial charge in [-0.05, 0) is 41.2 Å². The molecule has 0 unspecified atom stereocenters. The van der Waals surface area contributed by atoms with E-state index < -0.39 is 14.1 Å². The first kappa shape index (κ1) is 27.7. The maximum Gasteiger partial charge on any atom is 0.261 e. The molecule has 5 heteroatoms. The summed E-state index contributed by atoms with van der Waals surface area (Å²) < 4.78 is 25.8. The van der Waals surface area contributed by atoms with Crippen LogP contribution in [0.1, 0.15) is 53.0 Å². The monoisotopic (exact) mass is 518 g/mol. The van der Waals surface area contributed by atoms with E-state index in [-0.39, 0.29) is 17.2 Å². The lowest BCUT2D eigenvalue weighted by atomic mass is 10.1. The average Bonchev–Trinajstić information content (AvgIpc) is 2.87. The van der Waals surface area contributed by atoms with Gasteiger partial charge in [0.1, 0.15) is 0 Å². The Morgan fingerprint density at radius 3 is 1.84 bits per heavy atom. The molecule has 37 heavy (non-hydrogen) atoms. The summed E-state index contributed by atoms with van der Waals surface area (Å²) in [5.41, 5.74) is 1.19. The third-order valence-corrected chi connectivity index (χ3v) is 12.0. The standard InChI is InChI=1S/C32H42O4Si/c1-31(2,3)37(29-17-11-7-12-18-29,30-19-13-8-14-20-30)34-25-28-23-27(35-32(4,5)36-28)21-22-33-24-26-15-9-6-10-16-26/h6-20,27-28H,21-25H2,1-5H3/t27-,28-/m0/s1. The fraction of sp³-hybridized carbons (Fsp3) is 0.438. The van der Waals surface area contributed by atoms with E-state index in [2.05, 4.69) is 93.6 Å². The summed E-state index contributed by atoms with van der Waals surface area (Å²) in [4.78, 5) is 0. The minimum Gasteiger partial charge on any atom is -0.405 e. The zero-order chi connectivity index (χ0) is 26.4. The molecule has 0 spiro atoms. The summed E-state index contributed by atoms with van der Waals surface area (Å²) >= 11 is 0. The van der Waals surface area contributed by atoms with Gasteiger partial charge in [0.2, 0.25) is 0 Å². The van der Waals surface area contributed by atoms with Crippen molar-refractivity contribution in [1.29, 1.82) is 0 Å². The van der Waals surface area contributed by atoms with Crippen LogP contribution < -0.4 is 10.4 Å². The molecule has 1 aliphatic rings. The molecule has 198 valence electrons. The minimum absolute atomic E-state index is 0.0514. The normalized spacial score (nSPS) is 20.0. The van der Waals surface area contributed by atoms with Crippen molar-refractivity contribution in [2.75, 3.05) is 13.2 Å². The second-order valence-electron chi connectivity index (χ2n) is 11.4. The smallest absolute Gasteiger partial charge is 0.261 e. The molecule has 1 heterocycles. The zero-order valence-electron chi connectivity index (χ0n) is 23.0. The second-order valence-corrected chi connectivity index (χ2v) is 15.7. The van der Waals surface area contributed by atoms with Crippen LogP contribution in [-0.4, -0.2) is 39.5 Å². The zero-order valence-corrected chi connectivity index (χ0v) is 24.0. The number of hydrogen-bond donors (Lipinski definition) is 0. The van der Waals surface area contributed by atoms with Crippen molar-refractivity contribution in [1.82, 2.24) is 0 Å². The van der Waals surface area contributed by atoms with Crippen LogP contribution in [0, 0.1) is 0 Å². The number of rotatable bonds is 10. The Balaban J connectivity index is 1.47. The van der Waals surface area contributed by atoms with Crippen molar-refractivity contribution in [3.63, 3.8) is 0 Å². The van der Waals surface area contributed by atoms with E-state index in [0.29, 0.717) is 19.8 Å². The van der Waals surface area contributed by atoms with Gasteiger partial charge in [0.25, 0.3) is 8.32 Å². The summed E-state index contributed by atoms with van der Waals surface area (Å²) in [7, 11) is -2.62. The molecule has 0 saturated carbocycles. The Kier molecular flexibility index (Phi) is 9.04. The van der Waals surface area contributed by atoms with E-state index in [4.69, 9.17) is 18.6 Å². The molecule has 0 radical (unpaired) electrons. The highest BCUT2D eigenvalue weighted by atomic mass is 28.4. The first-order valence-electron chi connectivity index (χ1n) is 13.4. The van der Waals surface area contributed by atoms with Crippen molar-refractivity contribution < 1.29 is 18.6 Å². The molecule has 2 atom stereocenters. The van der Waals surface area contributed by atoms with Crippen molar-refractivity contribution in [2.45, 2.75) is 77.1 Å². The van der Waals surface area contributed by atoms with Crippen LogP contribution >= 0.6 is 0 Å². The van der Waals surface area contributed by atoms with Gasteiger partial charge in [-0.3, -0.25) is 0 Å². The van der Waals surface area contributed by atoms with E-state index >= 15 is 0 Å². The maximum absolute atomic E-state index is 7.16. The van der Waals surface area contributed by atoms with E-state index in [9.17, 15) is 0 Å². The highest BCUT2D eigenvalue weighted by Gasteiger charge is 2.51. The largest absolute Gasteiger partial charge is 0.405 e. The summed E-state index contributed by atoms with van der Waals surface area (Å²) in [6.45, 7) is 12.7. The highest BCUT2D eigenvalue weighted by Crippen LogP contribution is 2.38. The predicted molar refractivity (Wildman–Crippen MR) is 153 cm³/mol. The molecule has 0 amide bonds. The van der Waals surface area contributed by atoms with E-state index in [1.165, 1.54) is 15.9 Å². The van der Waals surface area contributed by atoms with Crippen molar-refractivity contribution >= 4 is 18.7 Å². The minimum atomic E-state index is -2.62. The Labute approximate surface area is 224 Å². The Hall–Kier alpha value is -2.28. The lowest BCUT2D eigenvalue weighted by molar-refractivity contribution is -0.304. The van der Waals surface area contributed by atoms with Gasteiger partial charge in [-0.15, -0.1) is 0 Å².